The normalized spacial score (nSPS) is 26.9. The molecule has 0 amide bonds. The van der Waals surface area contributed by atoms with Gasteiger partial charge >= 0.3 is 0 Å². The number of carbonyl (C=O) groups is 2. The molecule has 2 nitrogen and oxygen atoms in total. The van der Waals surface area contributed by atoms with E-state index in [-0.39, 0.29) is 11.2 Å². The van der Waals surface area contributed by atoms with Crippen molar-refractivity contribution in [2.75, 3.05) is 0 Å². The molecule has 0 bridgehead atoms. The molecule has 1 fully saturated rings. The van der Waals surface area contributed by atoms with Crippen molar-refractivity contribution in [2.45, 2.75) is 72.6 Å². The van der Waals surface area contributed by atoms with Crippen LogP contribution in [0.1, 0.15) is 72.6 Å². The van der Waals surface area contributed by atoms with E-state index in [9.17, 15) is 9.59 Å². The number of carbonyl (C=O) groups excluding carboxylic acids is 2. The maximum absolute atomic E-state index is 11.0. The lowest BCUT2D eigenvalue weighted by atomic mass is 9.77. The lowest BCUT2D eigenvalue weighted by Crippen LogP contribution is -2.20. The average molecular weight is 264 g/mol. The van der Waals surface area contributed by atoms with Crippen molar-refractivity contribution < 1.29 is 9.59 Å². The third-order valence-electron chi connectivity index (χ3n) is 3.80. The molecule has 0 heterocycles. The lowest BCUT2D eigenvalue weighted by Gasteiger charge is -2.27. The highest BCUT2D eigenvalue weighted by atomic mass is 16.1. The van der Waals surface area contributed by atoms with Crippen LogP contribution in [0.5, 0.6) is 0 Å². The fraction of sp³-hybridized carbons (Fsp3) is 0.765. The molecule has 108 valence electrons. The highest BCUT2D eigenvalue weighted by Gasteiger charge is 2.25. The first-order valence-electron chi connectivity index (χ1n) is 7.50. The molecule has 0 N–H and O–H groups in total. The maximum Gasteiger partial charge on any atom is 0.156 e. The summed E-state index contributed by atoms with van der Waals surface area (Å²) >= 11 is 0. The topological polar surface area (TPSA) is 34.1 Å². The van der Waals surface area contributed by atoms with E-state index in [2.05, 4.69) is 20.8 Å². The minimum Gasteiger partial charge on any atom is -0.300 e. The molecule has 2 heteroatoms. The van der Waals surface area contributed by atoms with Gasteiger partial charge in [0.15, 0.2) is 5.78 Å². The molecular weight excluding hydrogens is 236 g/mol. The number of ketones is 2. The minimum absolute atomic E-state index is 0.204. The van der Waals surface area contributed by atoms with Gasteiger partial charge in [0.2, 0.25) is 0 Å². The predicted octanol–water partition coefficient (Wildman–Crippen LogP) is 4.48. The van der Waals surface area contributed by atoms with E-state index < -0.39 is 0 Å². The zero-order chi connectivity index (χ0) is 14.5. The fourth-order valence-electron chi connectivity index (χ4n) is 3.07. The molecule has 1 unspecified atom stereocenters. The van der Waals surface area contributed by atoms with Crippen LogP contribution in [0.3, 0.4) is 0 Å². The van der Waals surface area contributed by atoms with E-state index in [4.69, 9.17) is 0 Å². The Morgan fingerprint density at radius 1 is 1.16 bits per heavy atom. The van der Waals surface area contributed by atoms with Crippen LogP contribution < -0.4 is 0 Å². The molecule has 0 aromatic heterocycles. The standard InChI is InChI=1S/C9H14O.C8H14O/c1-7-4-8(10)6-9(2,3)5-7;1-7-4-2-3-5-8(9)6-7/h4H,5-6H2,1-3H3;7H,2-6H2,1H3. The summed E-state index contributed by atoms with van der Waals surface area (Å²) in [6.45, 7) is 8.48. The second kappa shape index (κ2) is 7.02. The number of hydrogen-bond acceptors (Lipinski definition) is 2. The first kappa shape index (κ1) is 16.1. The molecule has 1 saturated carbocycles. The van der Waals surface area contributed by atoms with E-state index in [0.29, 0.717) is 18.1 Å². The van der Waals surface area contributed by atoms with Crippen molar-refractivity contribution in [2.24, 2.45) is 11.3 Å². The summed E-state index contributed by atoms with van der Waals surface area (Å²) in [4.78, 5) is 21.9. The SMILES string of the molecule is CC1=CC(=O)CC(C)(C)C1.CC1CCCCC(=O)C1. The van der Waals surface area contributed by atoms with E-state index in [1.807, 2.05) is 6.92 Å². The third-order valence-corrected chi connectivity index (χ3v) is 3.80. The van der Waals surface area contributed by atoms with Crippen molar-refractivity contribution in [3.63, 3.8) is 0 Å². The van der Waals surface area contributed by atoms with Crippen LogP contribution >= 0.6 is 0 Å². The first-order valence-corrected chi connectivity index (χ1v) is 7.50. The Morgan fingerprint density at radius 2 is 1.84 bits per heavy atom. The van der Waals surface area contributed by atoms with Crippen molar-refractivity contribution in [1.29, 1.82) is 0 Å². The Balaban J connectivity index is 0.000000191. The van der Waals surface area contributed by atoms with Crippen molar-refractivity contribution >= 4 is 11.6 Å². The van der Waals surface area contributed by atoms with Gasteiger partial charge in [-0.2, -0.15) is 0 Å². The Morgan fingerprint density at radius 3 is 2.42 bits per heavy atom. The Labute approximate surface area is 117 Å². The summed E-state index contributed by atoms with van der Waals surface area (Å²) < 4.78 is 0. The molecule has 0 aromatic carbocycles. The average Bonchev–Trinajstić information content (AvgIpc) is 2.38. The molecule has 0 spiro atoms. The molecule has 0 saturated heterocycles. The molecule has 2 aliphatic carbocycles. The number of Topliss-reactive ketones (excluding diaryl/α,β-unsaturated/α-hetero) is 1. The molecule has 19 heavy (non-hydrogen) atoms. The summed E-state index contributed by atoms with van der Waals surface area (Å²) in [5.41, 5.74) is 1.43. The molecule has 0 aromatic rings. The smallest absolute Gasteiger partial charge is 0.156 e. The van der Waals surface area contributed by atoms with Gasteiger partial charge in [-0.25, -0.2) is 0 Å². The van der Waals surface area contributed by atoms with Gasteiger partial charge in [-0.15, -0.1) is 0 Å². The van der Waals surface area contributed by atoms with Crippen molar-refractivity contribution in [1.82, 2.24) is 0 Å². The first-order chi connectivity index (χ1) is 8.78. The van der Waals surface area contributed by atoms with E-state index >= 15 is 0 Å². The Hall–Kier alpha value is -0.920. The van der Waals surface area contributed by atoms with Crippen molar-refractivity contribution in [3.8, 4) is 0 Å². The third kappa shape index (κ3) is 6.70. The zero-order valence-electron chi connectivity index (χ0n) is 12.9. The second-order valence-corrected chi connectivity index (χ2v) is 7.07. The summed E-state index contributed by atoms with van der Waals surface area (Å²) in [7, 11) is 0. The molecule has 2 rings (SSSR count). The quantitative estimate of drug-likeness (QED) is 0.605. The number of hydrogen-bond donors (Lipinski definition) is 0. The second-order valence-electron chi connectivity index (χ2n) is 7.07. The minimum atomic E-state index is 0.204. The van der Waals surface area contributed by atoms with Crippen LogP contribution in [0, 0.1) is 11.3 Å². The van der Waals surface area contributed by atoms with E-state index in [0.717, 1.165) is 25.7 Å². The van der Waals surface area contributed by atoms with Crippen LogP contribution in [-0.4, -0.2) is 11.6 Å². The highest BCUT2D eigenvalue weighted by Crippen LogP contribution is 2.32. The molecule has 0 radical (unpaired) electrons. The van der Waals surface area contributed by atoms with Crippen LogP contribution in [0.2, 0.25) is 0 Å². The molecule has 0 aliphatic heterocycles. The van der Waals surface area contributed by atoms with Gasteiger partial charge < -0.3 is 0 Å². The van der Waals surface area contributed by atoms with Gasteiger partial charge in [-0.1, -0.05) is 39.2 Å². The van der Waals surface area contributed by atoms with Gasteiger partial charge in [-0.05, 0) is 37.2 Å². The number of rotatable bonds is 0. The molecule has 1 atom stereocenters. The van der Waals surface area contributed by atoms with Gasteiger partial charge in [0.25, 0.3) is 0 Å². The monoisotopic (exact) mass is 264 g/mol. The summed E-state index contributed by atoms with van der Waals surface area (Å²) in [5, 5.41) is 0. The van der Waals surface area contributed by atoms with Crippen LogP contribution in [0.15, 0.2) is 11.6 Å². The number of allylic oxidation sites excluding steroid dienone is 2. The lowest BCUT2D eigenvalue weighted by molar-refractivity contribution is -0.119. The highest BCUT2D eigenvalue weighted by molar-refractivity contribution is 5.91. The van der Waals surface area contributed by atoms with Gasteiger partial charge in [-0.3, -0.25) is 9.59 Å². The van der Waals surface area contributed by atoms with Crippen LogP contribution in [0.25, 0.3) is 0 Å². The Kier molecular flexibility index (Phi) is 5.96. The molecular formula is C17H28O2. The summed E-state index contributed by atoms with van der Waals surface area (Å²) in [6, 6.07) is 0. The molecule has 2 aliphatic rings. The van der Waals surface area contributed by atoms with E-state index in [1.165, 1.54) is 18.4 Å². The summed E-state index contributed by atoms with van der Waals surface area (Å²) in [6.07, 6.45) is 8.86. The van der Waals surface area contributed by atoms with Gasteiger partial charge in [0, 0.05) is 19.3 Å². The summed E-state index contributed by atoms with van der Waals surface area (Å²) in [5.74, 6) is 1.41. The largest absolute Gasteiger partial charge is 0.300 e. The van der Waals surface area contributed by atoms with Crippen LogP contribution in [0.4, 0.5) is 0 Å². The fourth-order valence-corrected chi connectivity index (χ4v) is 3.07. The van der Waals surface area contributed by atoms with Gasteiger partial charge in [0.1, 0.15) is 5.78 Å². The van der Waals surface area contributed by atoms with Crippen molar-refractivity contribution in [3.05, 3.63) is 11.6 Å². The van der Waals surface area contributed by atoms with E-state index in [1.54, 1.807) is 6.08 Å². The maximum atomic E-state index is 11.0. The zero-order valence-corrected chi connectivity index (χ0v) is 12.9. The predicted molar refractivity (Wildman–Crippen MR) is 79.0 cm³/mol. The Bertz CT molecular complexity index is 363. The van der Waals surface area contributed by atoms with Crippen LogP contribution in [-0.2, 0) is 9.59 Å². The van der Waals surface area contributed by atoms with Gasteiger partial charge in [0.05, 0.1) is 0 Å².